The van der Waals surface area contributed by atoms with E-state index in [1.807, 2.05) is 18.2 Å². The molecule has 0 unspecified atom stereocenters. The van der Waals surface area contributed by atoms with Gasteiger partial charge in [0.1, 0.15) is 17.1 Å². The smallest absolute Gasteiger partial charge is 0.336 e. The molecule has 0 amide bonds. The number of rotatable bonds is 5. The summed E-state index contributed by atoms with van der Waals surface area (Å²) in [6.07, 6.45) is 0. The normalized spacial score (nSPS) is 12.3. The molecule has 2 aromatic carbocycles. The van der Waals surface area contributed by atoms with E-state index in [9.17, 15) is 9.90 Å². The first kappa shape index (κ1) is 18.5. The Kier molecular flexibility index (Phi) is 5.34. The Morgan fingerprint density at radius 2 is 2.04 bits per heavy atom. The minimum Gasteiger partial charge on any atom is -0.508 e. The number of phenols is 1. The van der Waals surface area contributed by atoms with E-state index < -0.39 is 5.63 Å². The van der Waals surface area contributed by atoms with Crippen molar-refractivity contribution in [3.05, 3.63) is 68.0 Å². The van der Waals surface area contributed by atoms with E-state index in [-0.39, 0.29) is 11.8 Å². The molecule has 0 aliphatic rings. The topological polar surface area (TPSA) is 71.7 Å². The molecule has 0 aliphatic heterocycles. The zero-order chi connectivity index (χ0) is 18.8. The Labute approximate surface area is 159 Å². The van der Waals surface area contributed by atoms with Crippen molar-refractivity contribution < 1.29 is 14.3 Å². The summed E-state index contributed by atoms with van der Waals surface area (Å²) in [7, 11) is 1.63. The Morgan fingerprint density at radius 1 is 1.27 bits per heavy atom. The van der Waals surface area contributed by atoms with Crippen molar-refractivity contribution in [1.29, 1.82) is 0 Å². The van der Waals surface area contributed by atoms with Crippen LogP contribution in [0.1, 0.15) is 29.7 Å². The van der Waals surface area contributed by atoms with Crippen molar-refractivity contribution >= 4 is 26.9 Å². The maximum Gasteiger partial charge on any atom is 0.336 e. The van der Waals surface area contributed by atoms with E-state index in [4.69, 9.17) is 9.15 Å². The van der Waals surface area contributed by atoms with Crippen LogP contribution in [0.3, 0.4) is 0 Å². The number of ether oxygens (including phenoxy) is 1. The van der Waals surface area contributed by atoms with Crippen LogP contribution in [0, 0.1) is 6.92 Å². The van der Waals surface area contributed by atoms with Gasteiger partial charge in [-0.25, -0.2) is 4.79 Å². The lowest BCUT2D eigenvalue weighted by molar-refractivity contribution is 0.411. The third-order valence-corrected chi connectivity index (χ3v) is 5.11. The van der Waals surface area contributed by atoms with Gasteiger partial charge in [0.2, 0.25) is 0 Å². The van der Waals surface area contributed by atoms with Gasteiger partial charge in [0, 0.05) is 29.6 Å². The summed E-state index contributed by atoms with van der Waals surface area (Å²) < 4.78 is 11.4. The fraction of sp³-hybridized carbons (Fsp3) is 0.250. The second-order valence-electron chi connectivity index (χ2n) is 6.17. The zero-order valence-corrected chi connectivity index (χ0v) is 16.4. The predicted octanol–water partition coefficient (Wildman–Crippen LogP) is 4.43. The van der Waals surface area contributed by atoms with Gasteiger partial charge in [-0.1, -0.05) is 6.07 Å². The molecule has 0 radical (unpaired) electrons. The maximum atomic E-state index is 11.9. The van der Waals surface area contributed by atoms with E-state index in [2.05, 4.69) is 28.2 Å². The molecule has 0 bridgehead atoms. The summed E-state index contributed by atoms with van der Waals surface area (Å²) >= 11 is 3.50. The van der Waals surface area contributed by atoms with E-state index in [0.29, 0.717) is 17.7 Å². The van der Waals surface area contributed by atoms with Gasteiger partial charge >= 0.3 is 5.63 Å². The van der Waals surface area contributed by atoms with Gasteiger partial charge in [0.05, 0.1) is 11.6 Å². The van der Waals surface area contributed by atoms with Gasteiger partial charge in [-0.2, -0.15) is 0 Å². The number of hydrogen-bond acceptors (Lipinski definition) is 5. The highest BCUT2D eigenvalue weighted by Gasteiger charge is 2.13. The molecule has 1 aromatic heterocycles. The lowest BCUT2D eigenvalue weighted by atomic mass is 10.0. The van der Waals surface area contributed by atoms with Crippen LogP contribution in [0.25, 0.3) is 11.0 Å². The van der Waals surface area contributed by atoms with Crippen LogP contribution in [0.5, 0.6) is 11.5 Å². The van der Waals surface area contributed by atoms with Crippen LogP contribution in [0.2, 0.25) is 0 Å². The first-order valence-corrected chi connectivity index (χ1v) is 9.02. The quantitative estimate of drug-likeness (QED) is 0.600. The number of hydrogen-bond donors (Lipinski definition) is 2. The molecule has 1 atom stereocenters. The highest BCUT2D eigenvalue weighted by molar-refractivity contribution is 9.10. The molecule has 2 N–H and O–H groups in total. The molecule has 0 saturated heterocycles. The largest absolute Gasteiger partial charge is 0.508 e. The number of aromatic hydroxyl groups is 1. The molecule has 0 saturated carbocycles. The summed E-state index contributed by atoms with van der Waals surface area (Å²) in [6, 6.07) is 10.9. The lowest BCUT2D eigenvalue weighted by Gasteiger charge is -2.16. The number of benzene rings is 2. The van der Waals surface area contributed by atoms with Crippen LogP contribution >= 0.6 is 15.9 Å². The molecule has 136 valence electrons. The SMILES string of the molecule is COc1ccc([C@H](C)NCc2cc(=O)oc3c(C)c(O)ccc23)cc1Br. The van der Waals surface area contributed by atoms with Crippen molar-refractivity contribution in [3.63, 3.8) is 0 Å². The fourth-order valence-corrected chi connectivity index (χ4v) is 3.45. The Balaban J connectivity index is 1.86. The molecule has 6 heteroatoms. The van der Waals surface area contributed by atoms with Crippen molar-refractivity contribution in [2.45, 2.75) is 26.4 Å². The number of nitrogens with one attached hydrogen (secondary N) is 1. The molecular weight excluding hydrogens is 398 g/mol. The minimum atomic E-state index is -0.428. The predicted molar refractivity (Wildman–Crippen MR) is 105 cm³/mol. The first-order chi connectivity index (χ1) is 12.4. The average molecular weight is 418 g/mol. The third-order valence-electron chi connectivity index (χ3n) is 4.49. The summed E-state index contributed by atoms with van der Waals surface area (Å²) in [6.45, 7) is 4.28. The zero-order valence-electron chi connectivity index (χ0n) is 14.8. The van der Waals surface area contributed by atoms with Crippen LogP contribution in [-0.2, 0) is 6.54 Å². The van der Waals surface area contributed by atoms with Gasteiger partial charge in [0.15, 0.2) is 0 Å². The van der Waals surface area contributed by atoms with Crippen molar-refractivity contribution in [1.82, 2.24) is 5.32 Å². The maximum absolute atomic E-state index is 11.9. The fourth-order valence-electron chi connectivity index (χ4n) is 2.89. The van der Waals surface area contributed by atoms with Crippen LogP contribution in [-0.4, -0.2) is 12.2 Å². The van der Waals surface area contributed by atoms with Crippen LogP contribution in [0.4, 0.5) is 0 Å². The monoisotopic (exact) mass is 417 g/mol. The molecule has 26 heavy (non-hydrogen) atoms. The van der Waals surface area contributed by atoms with Crippen LogP contribution < -0.4 is 15.7 Å². The molecule has 3 rings (SSSR count). The van der Waals surface area contributed by atoms with Gasteiger partial charge < -0.3 is 19.6 Å². The molecule has 1 heterocycles. The lowest BCUT2D eigenvalue weighted by Crippen LogP contribution is -2.19. The highest BCUT2D eigenvalue weighted by Crippen LogP contribution is 2.29. The van der Waals surface area contributed by atoms with E-state index >= 15 is 0 Å². The molecule has 0 spiro atoms. The van der Waals surface area contributed by atoms with Crippen molar-refractivity contribution in [2.75, 3.05) is 7.11 Å². The van der Waals surface area contributed by atoms with E-state index in [1.165, 1.54) is 6.07 Å². The van der Waals surface area contributed by atoms with Crippen molar-refractivity contribution in [3.8, 4) is 11.5 Å². The summed E-state index contributed by atoms with van der Waals surface area (Å²) in [5.41, 5.74) is 2.49. The summed E-state index contributed by atoms with van der Waals surface area (Å²) in [5.74, 6) is 0.894. The number of fused-ring (bicyclic) bond motifs is 1. The van der Waals surface area contributed by atoms with Gasteiger partial charge in [0.25, 0.3) is 0 Å². The van der Waals surface area contributed by atoms with Gasteiger partial charge in [-0.15, -0.1) is 0 Å². The van der Waals surface area contributed by atoms with Crippen LogP contribution in [0.15, 0.2) is 50.1 Å². The molecular formula is C20H20BrNO4. The first-order valence-electron chi connectivity index (χ1n) is 8.23. The average Bonchev–Trinajstić information content (AvgIpc) is 2.62. The molecule has 5 nitrogen and oxygen atoms in total. The third kappa shape index (κ3) is 3.61. The second kappa shape index (κ2) is 7.51. The highest BCUT2D eigenvalue weighted by atomic mass is 79.9. The number of halogens is 1. The molecule has 3 aromatic rings. The Morgan fingerprint density at radius 3 is 2.73 bits per heavy atom. The molecule has 0 aliphatic carbocycles. The van der Waals surface area contributed by atoms with E-state index in [0.717, 1.165) is 26.7 Å². The Bertz CT molecular complexity index is 1010. The minimum absolute atomic E-state index is 0.0673. The molecule has 0 fully saturated rings. The number of phenolic OH excluding ortho intramolecular Hbond substituents is 1. The number of aryl methyl sites for hydroxylation is 1. The standard InChI is InChI=1S/C20H20BrNO4/c1-11-17(23)6-5-15-14(9-19(24)26-20(11)15)10-22-12(2)13-4-7-18(25-3)16(21)8-13/h4-9,12,22-23H,10H2,1-3H3/t12-/m0/s1. The van der Waals surface area contributed by atoms with Crippen molar-refractivity contribution in [2.24, 2.45) is 0 Å². The Hall–Kier alpha value is -2.31. The van der Waals surface area contributed by atoms with E-state index in [1.54, 1.807) is 26.2 Å². The number of methoxy groups -OCH3 is 1. The second-order valence-corrected chi connectivity index (χ2v) is 7.03. The summed E-state index contributed by atoms with van der Waals surface area (Å²) in [5, 5.41) is 14.1. The summed E-state index contributed by atoms with van der Waals surface area (Å²) in [4.78, 5) is 11.9. The van der Waals surface area contributed by atoms with Gasteiger partial charge in [-0.3, -0.25) is 0 Å². The van der Waals surface area contributed by atoms with Gasteiger partial charge in [-0.05, 0) is 65.2 Å².